The fourth-order valence-electron chi connectivity index (χ4n) is 1.72. The van der Waals surface area contributed by atoms with Gasteiger partial charge in [0, 0.05) is 5.56 Å². The first-order valence-electron chi connectivity index (χ1n) is 6.22. The summed E-state index contributed by atoms with van der Waals surface area (Å²) in [7, 11) is 1.22. The summed E-state index contributed by atoms with van der Waals surface area (Å²) in [5.41, 5.74) is 0.431. The van der Waals surface area contributed by atoms with E-state index in [4.69, 9.17) is 0 Å². The summed E-state index contributed by atoms with van der Waals surface area (Å²) in [6.07, 6.45) is 0.162. The highest BCUT2D eigenvalue weighted by atomic mass is 16.5. The van der Waals surface area contributed by atoms with Crippen LogP contribution in [0.5, 0.6) is 0 Å². The number of hydrogen-bond donors (Lipinski definition) is 2. The van der Waals surface area contributed by atoms with Crippen molar-refractivity contribution in [2.45, 2.75) is 31.9 Å². The van der Waals surface area contributed by atoms with Gasteiger partial charge in [0.05, 0.1) is 13.2 Å². The zero-order valence-corrected chi connectivity index (χ0v) is 11.1. The van der Waals surface area contributed by atoms with Gasteiger partial charge in [-0.3, -0.25) is 4.79 Å². The van der Waals surface area contributed by atoms with Crippen LogP contribution < -0.4 is 5.32 Å². The van der Waals surface area contributed by atoms with E-state index in [1.807, 2.05) is 6.92 Å². The number of hydrogen-bond acceptors (Lipinski definition) is 4. The van der Waals surface area contributed by atoms with Gasteiger partial charge in [-0.05, 0) is 18.6 Å². The van der Waals surface area contributed by atoms with Crippen LogP contribution in [0.4, 0.5) is 0 Å². The van der Waals surface area contributed by atoms with Crippen molar-refractivity contribution in [3.63, 3.8) is 0 Å². The van der Waals surface area contributed by atoms with Crippen molar-refractivity contribution in [3.8, 4) is 0 Å². The smallest absolute Gasteiger partial charge is 0.331 e. The van der Waals surface area contributed by atoms with Crippen LogP contribution in [0.1, 0.15) is 30.1 Å². The molecule has 0 saturated carbocycles. The van der Waals surface area contributed by atoms with Crippen molar-refractivity contribution in [3.05, 3.63) is 35.9 Å². The van der Waals surface area contributed by atoms with E-state index >= 15 is 0 Å². The van der Waals surface area contributed by atoms with Crippen molar-refractivity contribution in [2.24, 2.45) is 0 Å². The third kappa shape index (κ3) is 4.37. The Morgan fingerprint density at radius 3 is 2.47 bits per heavy atom. The van der Waals surface area contributed by atoms with E-state index in [2.05, 4.69) is 10.1 Å². The molecular formula is C14H19NO4. The lowest BCUT2D eigenvalue weighted by Gasteiger charge is -2.21. The molecule has 1 rings (SSSR count). The first-order valence-corrected chi connectivity index (χ1v) is 6.22. The molecule has 0 aromatic heterocycles. The van der Waals surface area contributed by atoms with Crippen LogP contribution in [0.3, 0.4) is 0 Å². The van der Waals surface area contributed by atoms with Gasteiger partial charge in [-0.1, -0.05) is 31.5 Å². The van der Waals surface area contributed by atoms with Gasteiger partial charge < -0.3 is 15.2 Å². The Hall–Kier alpha value is -1.88. The second-order valence-electron chi connectivity index (χ2n) is 4.20. The van der Waals surface area contributed by atoms with Gasteiger partial charge in [0.25, 0.3) is 5.91 Å². The molecule has 0 aliphatic carbocycles. The second kappa shape index (κ2) is 7.53. The minimum absolute atomic E-state index is 0.411. The number of aliphatic hydroxyl groups excluding tert-OH is 1. The summed E-state index contributed by atoms with van der Waals surface area (Å²) >= 11 is 0. The first kappa shape index (κ1) is 15.2. The molecule has 0 heterocycles. The van der Waals surface area contributed by atoms with Crippen molar-refractivity contribution in [1.29, 1.82) is 0 Å². The third-order valence-corrected chi connectivity index (χ3v) is 2.75. The van der Waals surface area contributed by atoms with Gasteiger partial charge in [0.2, 0.25) is 0 Å². The maximum Gasteiger partial charge on any atom is 0.331 e. The molecule has 2 N–H and O–H groups in total. The van der Waals surface area contributed by atoms with Crippen LogP contribution >= 0.6 is 0 Å². The molecule has 104 valence electrons. The van der Waals surface area contributed by atoms with E-state index in [-0.39, 0.29) is 0 Å². The summed E-state index contributed by atoms with van der Waals surface area (Å²) < 4.78 is 4.60. The number of carbonyl (C=O) groups excluding carboxylic acids is 2. The lowest BCUT2D eigenvalue weighted by Crippen LogP contribution is -2.49. The average molecular weight is 265 g/mol. The predicted octanol–water partition coefficient (Wildman–Crippen LogP) is 1.12. The SMILES string of the molecule is CCCC(O)[C@H](NC(=O)c1ccccc1)C(=O)OC. The van der Waals surface area contributed by atoms with Gasteiger partial charge in [-0.15, -0.1) is 0 Å². The van der Waals surface area contributed by atoms with E-state index in [0.717, 1.165) is 0 Å². The fourth-order valence-corrected chi connectivity index (χ4v) is 1.72. The van der Waals surface area contributed by atoms with Crippen molar-refractivity contribution < 1.29 is 19.4 Å². The van der Waals surface area contributed by atoms with Crippen LogP contribution in [0.15, 0.2) is 30.3 Å². The molecule has 0 aliphatic rings. The van der Waals surface area contributed by atoms with Gasteiger partial charge in [0.15, 0.2) is 6.04 Å². The summed E-state index contributed by atoms with van der Waals surface area (Å²) in [5.74, 6) is -1.06. The molecule has 1 unspecified atom stereocenters. The standard InChI is InChI=1S/C14H19NO4/c1-3-7-11(16)12(14(18)19-2)15-13(17)10-8-5-4-6-9-10/h4-6,8-9,11-12,16H,3,7H2,1-2H3,(H,15,17)/t11?,12-/m0/s1. The topological polar surface area (TPSA) is 75.6 Å². The van der Waals surface area contributed by atoms with E-state index in [9.17, 15) is 14.7 Å². The lowest BCUT2D eigenvalue weighted by molar-refractivity contribution is -0.146. The highest BCUT2D eigenvalue weighted by Gasteiger charge is 2.29. The molecule has 0 saturated heterocycles. The Morgan fingerprint density at radius 2 is 1.95 bits per heavy atom. The number of methoxy groups -OCH3 is 1. The van der Waals surface area contributed by atoms with E-state index in [0.29, 0.717) is 18.4 Å². The normalized spacial score (nSPS) is 13.4. The zero-order chi connectivity index (χ0) is 14.3. The molecule has 5 nitrogen and oxygen atoms in total. The molecule has 19 heavy (non-hydrogen) atoms. The Kier molecular flexibility index (Phi) is 6.02. The molecule has 0 fully saturated rings. The zero-order valence-electron chi connectivity index (χ0n) is 11.1. The number of nitrogens with one attached hydrogen (secondary N) is 1. The molecule has 2 atom stereocenters. The number of esters is 1. The fraction of sp³-hybridized carbons (Fsp3) is 0.429. The molecule has 0 bridgehead atoms. The van der Waals surface area contributed by atoms with Crippen LogP contribution in [-0.2, 0) is 9.53 Å². The van der Waals surface area contributed by atoms with Crippen molar-refractivity contribution >= 4 is 11.9 Å². The van der Waals surface area contributed by atoms with E-state index < -0.39 is 24.0 Å². The average Bonchev–Trinajstić information content (AvgIpc) is 2.44. The monoisotopic (exact) mass is 265 g/mol. The Bertz CT molecular complexity index is 419. The molecular weight excluding hydrogens is 246 g/mol. The summed E-state index contributed by atoms with van der Waals surface area (Å²) in [4.78, 5) is 23.6. The van der Waals surface area contributed by atoms with E-state index in [1.54, 1.807) is 30.3 Å². The third-order valence-electron chi connectivity index (χ3n) is 2.75. The predicted molar refractivity (Wildman–Crippen MR) is 70.6 cm³/mol. The second-order valence-corrected chi connectivity index (χ2v) is 4.20. The molecule has 1 aromatic carbocycles. The van der Waals surface area contributed by atoms with Gasteiger partial charge in [-0.2, -0.15) is 0 Å². The summed E-state index contributed by atoms with van der Waals surface area (Å²) in [6, 6.07) is 7.47. The minimum atomic E-state index is -1.04. The van der Waals surface area contributed by atoms with Crippen LogP contribution in [0.25, 0.3) is 0 Å². The van der Waals surface area contributed by atoms with Gasteiger partial charge in [-0.25, -0.2) is 4.79 Å². The first-order chi connectivity index (χ1) is 9.10. The minimum Gasteiger partial charge on any atom is -0.467 e. The Balaban J connectivity index is 2.77. The maximum atomic E-state index is 12.0. The number of amides is 1. The molecule has 0 radical (unpaired) electrons. The van der Waals surface area contributed by atoms with Gasteiger partial charge >= 0.3 is 5.97 Å². The van der Waals surface area contributed by atoms with Crippen molar-refractivity contribution in [1.82, 2.24) is 5.32 Å². The molecule has 1 amide bonds. The van der Waals surface area contributed by atoms with E-state index in [1.165, 1.54) is 7.11 Å². The number of ether oxygens (including phenoxy) is 1. The molecule has 0 spiro atoms. The molecule has 0 aliphatic heterocycles. The summed E-state index contributed by atoms with van der Waals surface area (Å²) in [6.45, 7) is 1.89. The Labute approximate surface area is 112 Å². The number of carbonyl (C=O) groups is 2. The lowest BCUT2D eigenvalue weighted by atomic mass is 10.1. The highest BCUT2D eigenvalue weighted by Crippen LogP contribution is 2.06. The van der Waals surface area contributed by atoms with Crippen LogP contribution in [0.2, 0.25) is 0 Å². The quantitative estimate of drug-likeness (QED) is 0.756. The number of rotatable bonds is 6. The van der Waals surface area contributed by atoms with Gasteiger partial charge in [0.1, 0.15) is 0 Å². The molecule has 5 heteroatoms. The highest BCUT2D eigenvalue weighted by molar-refractivity contribution is 5.96. The molecule has 1 aromatic rings. The Morgan fingerprint density at radius 1 is 1.32 bits per heavy atom. The maximum absolute atomic E-state index is 12.0. The summed E-state index contributed by atoms with van der Waals surface area (Å²) in [5, 5.41) is 12.4. The van der Waals surface area contributed by atoms with Crippen molar-refractivity contribution in [2.75, 3.05) is 7.11 Å². The number of aliphatic hydroxyl groups is 1. The largest absolute Gasteiger partial charge is 0.467 e. The van der Waals surface area contributed by atoms with Crippen LogP contribution in [-0.4, -0.2) is 36.2 Å². The van der Waals surface area contributed by atoms with Crippen LogP contribution in [0, 0.1) is 0 Å². The number of benzene rings is 1.